The van der Waals surface area contributed by atoms with Crippen molar-refractivity contribution in [2.24, 2.45) is 0 Å². The predicted octanol–water partition coefficient (Wildman–Crippen LogP) is 2.88. The van der Waals surface area contributed by atoms with Gasteiger partial charge in [0.05, 0.1) is 15.9 Å². The Morgan fingerprint density at radius 3 is 2.13 bits per heavy atom. The van der Waals surface area contributed by atoms with Crippen LogP contribution in [0.2, 0.25) is 0 Å². The Kier molecular flexibility index (Phi) is 5.33. The molecule has 2 aromatic rings. The smallest absolute Gasteiger partial charge is 0.269 e. The third kappa shape index (κ3) is 3.82. The van der Waals surface area contributed by atoms with Gasteiger partial charge in [0.1, 0.15) is 0 Å². The molecular formula is C21H23N3O5S. The first-order chi connectivity index (χ1) is 14.3. The van der Waals surface area contributed by atoms with E-state index >= 15 is 0 Å². The molecule has 30 heavy (non-hydrogen) atoms. The summed E-state index contributed by atoms with van der Waals surface area (Å²) >= 11 is 0. The molecule has 0 spiro atoms. The standard InChI is InChI=1S/C21H23N3O5S/c1-13(23-30(28,29)17-10-8-16(9-11-17)24(26)27)21(25)22-20-18-6-2-4-14(18)12-15-5-3-7-19(15)20/h8-13,23H,2-7H2,1H3,(H,22,25). The van der Waals surface area contributed by atoms with Crippen LogP contribution in [0, 0.1) is 10.1 Å². The van der Waals surface area contributed by atoms with E-state index in [0.29, 0.717) is 0 Å². The number of nitro benzene ring substituents is 1. The Morgan fingerprint density at radius 2 is 1.60 bits per heavy atom. The van der Waals surface area contributed by atoms with Gasteiger partial charge in [0.2, 0.25) is 15.9 Å². The summed E-state index contributed by atoms with van der Waals surface area (Å²) < 4.78 is 27.6. The van der Waals surface area contributed by atoms with Crippen molar-refractivity contribution in [3.8, 4) is 0 Å². The summed E-state index contributed by atoms with van der Waals surface area (Å²) in [6, 6.07) is 5.82. The second kappa shape index (κ2) is 7.81. The van der Waals surface area contributed by atoms with Crippen molar-refractivity contribution in [1.29, 1.82) is 0 Å². The number of hydrogen-bond acceptors (Lipinski definition) is 5. The van der Waals surface area contributed by atoms with Crippen LogP contribution in [0.25, 0.3) is 0 Å². The van der Waals surface area contributed by atoms with Gasteiger partial charge in [-0.15, -0.1) is 0 Å². The molecule has 158 valence electrons. The molecule has 2 aliphatic carbocycles. The lowest BCUT2D eigenvalue weighted by Crippen LogP contribution is -2.41. The summed E-state index contributed by atoms with van der Waals surface area (Å²) in [5, 5.41) is 13.7. The molecule has 0 saturated heterocycles. The first-order valence-electron chi connectivity index (χ1n) is 10.0. The molecule has 0 fully saturated rings. The number of carbonyl (C=O) groups is 1. The van der Waals surface area contributed by atoms with Crippen molar-refractivity contribution >= 4 is 27.3 Å². The number of nitro groups is 1. The highest BCUT2D eigenvalue weighted by atomic mass is 32.2. The van der Waals surface area contributed by atoms with Gasteiger partial charge in [-0.1, -0.05) is 6.07 Å². The number of benzene rings is 2. The second-order valence-electron chi connectivity index (χ2n) is 7.82. The van der Waals surface area contributed by atoms with E-state index in [2.05, 4.69) is 16.1 Å². The summed E-state index contributed by atoms with van der Waals surface area (Å²) in [5.74, 6) is -0.421. The zero-order valence-corrected chi connectivity index (χ0v) is 17.4. The summed E-state index contributed by atoms with van der Waals surface area (Å²) in [6.07, 6.45) is 5.97. The Hall–Kier alpha value is -2.78. The van der Waals surface area contributed by atoms with Crippen LogP contribution < -0.4 is 10.0 Å². The number of sulfonamides is 1. The van der Waals surface area contributed by atoms with E-state index < -0.39 is 26.9 Å². The number of carbonyl (C=O) groups excluding carboxylic acids is 1. The average Bonchev–Trinajstić information content (AvgIpc) is 3.36. The van der Waals surface area contributed by atoms with E-state index in [4.69, 9.17) is 0 Å². The number of rotatable bonds is 6. The van der Waals surface area contributed by atoms with Crippen LogP contribution in [0.5, 0.6) is 0 Å². The molecule has 0 aliphatic heterocycles. The Bertz CT molecular complexity index is 1090. The SMILES string of the molecule is CC(NS(=O)(=O)c1ccc([N+](=O)[O-])cc1)C(=O)Nc1c2c(cc3c1CCC3)CCC2. The third-order valence-corrected chi connectivity index (χ3v) is 7.36. The van der Waals surface area contributed by atoms with Crippen molar-refractivity contribution in [3.63, 3.8) is 0 Å². The fraction of sp³-hybridized carbons (Fsp3) is 0.381. The largest absolute Gasteiger partial charge is 0.324 e. The predicted molar refractivity (Wildman–Crippen MR) is 112 cm³/mol. The first-order valence-corrected chi connectivity index (χ1v) is 11.5. The number of anilines is 1. The number of amides is 1. The summed E-state index contributed by atoms with van der Waals surface area (Å²) in [4.78, 5) is 22.9. The monoisotopic (exact) mass is 429 g/mol. The van der Waals surface area contributed by atoms with Gasteiger partial charge in [0.15, 0.2) is 0 Å². The molecule has 1 atom stereocenters. The van der Waals surface area contributed by atoms with Gasteiger partial charge >= 0.3 is 0 Å². The third-order valence-electron chi connectivity index (χ3n) is 5.80. The molecule has 0 aromatic heterocycles. The topological polar surface area (TPSA) is 118 Å². The fourth-order valence-corrected chi connectivity index (χ4v) is 5.50. The summed E-state index contributed by atoms with van der Waals surface area (Å²) in [7, 11) is -4.00. The highest BCUT2D eigenvalue weighted by Gasteiger charge is 2.28. The summed E-state index contributed by atoms with van der Waals surface area (Å²) in [5.41, 5.74) is 5.58. The van der Waals surface area contributed by atoms with E-state index in [1.165, 1.54) is 29.2 Å². The zero-order chi connectivity index (χ0) is 21.5. The number of non-ortho nitro benzene ring substituents is 1. The van der Waals surface area contributed by atoms with Crippen LogP contribution in [0.4, 0.5) is 11.4 Å². The van der Waals surface area contributed by atoms with Crippen molar-refractivity contribution in [3.05, 3.63) is 62.7 Å². The second-order valence-corrected chi connectivity index (χ2v) is 9.53. The molecule has 1 unspecified atom stereocenters. The molecule has 9 heteroatoms. The van der Waals surface area contributed by atoms with E-state index in [0.717, 1.165) is 68.5 Å². The van der Waals surface area contributed by atoms with Crippen LogP contribution in [0.3, 0.4) is 0 Å². The quantitative estimate of drug-likeness (QED) is 0.541. The van der Waals surface area contributed by atoms with Gasteiger partial charge in [0, 0.05) is 17.8 Å². The Balaban J connectivity index is 1.52. The van der Waals surface area contributed by atoms with Gasteiger partial charge in [0.25, 0.3) is 5.69 Å². The molecule has 2 aliphatic rings. The molecule has 4 rings (SSSR count). The number of hydrogen-bond donors (Lipinski definition) is 2. The van der Waals surface area contributed by atoms with Crippen molar-refractivity contribution in [2.75, 3.05) is 5.32 Å². The normalized spacial score (nSPS) is 16.0. The lowest BCUT2D eigenvalue weighted by Gasteiger charge is -2.19. The van der Waals surface area contributed by atoms with Gasteiger partial charge in [-0.2, -0.15) is 4.72 Å². The lowest BCUT2D eigenvalue weighted by molar-refractivity contribution is -0.384. The molecule has 2 N–H and O–H groups in total. The molecule has 0 saturated carbocycles. The van der Waals surface area contributed by atoms with Gasteiger partial charge in [-0.05, 0) is 79.8 Å². The minimum absolute atomic E-state index is 0.130. The molecule has 8 nitrogen and oxygen atoms in total. The van der Waals surface area contributed by atoms with E-state index in [9.17, 15) is 23.3 Å². The molecule has 0 heterocycles. The molecule has 0 radical (unpaired) electrons. The van der Waals surface area contributed by atoms with Crippen LogP contribution in [-0.2, 0) is 40.5 Å². The maximum absolute atomic E-state index is 12.8. The average molecular weight is 429 g/mol. The highest BCUT2D eigenvalue weighted by Crippen LogP contribution is 2.38. The number of nitrogens with zero attached hydrogens (tertiary/aromatic N) is 1. The first kappa shape index (κ1) is 20.5. The van der Waals surface area contributed by atoms with Crippen molar-refractivity contribution < 1.29 is 18.1 Å². The van der Waals surface area contributed by atoms with E-state index in [1.54, 1.807) is 0 Å². The molecule has 1 amide bonds. The van der Waals surface area contributed by atoms with Crippen LogP contribution >= 0.6 is 0 Å². The van der Waals surface area contributed by atoms with E-state index in [1.807, 2.05) is 0 Å². The van der Waals surface area contributed by atoms with Crippen molar-refractivity contribution in [2.45, 2.75) is 56.4 Å². The Labute approximate surface area is 174 Å². The fourth-order valence-electron chi connectivity index (χ4n) is 4.30. The maximum atomic E-state index is 12.8. The van der Waals surface area contributed by atoms with Gasteiger partial charge in [-0.25, -0.2) is 8.42 Å². The molecular weight excluding hydrogens is 406 g/mol. The number of nitrogens with one attached hydrogen (secondary N) is 2. The number of fused-ring (bicyclic) bond motifs is 2. The summed E-state index contributed by atoms with van der Waals surface area (Å²) in [6.45, 7) is 1.49. The van der Waals surface area contributed by atoms with Crippen molar-refractivity contribution in [1.82, 2.24) is 4.72 Å². The molecule has 2 aromatic carbocycles. The van der Waals surface area contributed by atoms with Crippen LogP contribution in [0.1, 0.15) is 42.0 Å². The molecule has 0 bridgehead atoms. The Morgan fingerprint density at radius 1 is 1.03 bits per heavy atom. The lowest BCUT2D eigenvalue weighted by atomic mass is 9.98. The van der Waals surface area contributed by atoms with Crippen LogP contribution in [-0.4, -0.2) is 25.3 Å². The maximum Gasteiger partial charge on any atom is 0.269 e. The zero-order valence-electron chi connectivity index (χ0n) is 16.6. The minimum atomic E-state index is -4.00. The minimum Gasteiger partial charge on any atom is -0.324 e. The van der Waals surface area contributed by atoms with Gasteiger partial charge in [-0.3, -0.25) is 14.9 Å². The highest BCUT2D eigenvalue weighted by molar-refractivity contribution is 7.89. The van der Waals surface area contributed by atoms with E-state index in [-0.39, 0.29) is 10.6 Å². The number of aryl methyl sites for hydroxylation is 2. The van der Waals surface area contributed by atoms with Crippen LogP contribution in [0.15, 0.2) is 35.2 Å². The van der Waals surface area contributed by atoms with Gasteiger partial charge < -0.3 is 5.32 Å².